The van der Waals surface area contributed by atoms with Gasteiger partial charge in [0.25, 0.3) is 0 Å². The summed E-state index contributed by atoms with van der Waals surface area (Å²) in [5, 5.41) is 23.4. The third kappa shape index (κ3) is 5.03. The minimum absolute atomic E-state index is 0.443. The Morgan fingerprint density at radius 1 is 0.576 bits per heavy atom. The highest BCUT2D eigenvalue weighted by atomic mass is 16.3. The molecule has 170 valence electrons. The number of rotatable bonds is 6. The minimum atomic E-state index is 0.443. The van der Waals surface area contributed by atoms with Crippen molar-refractivity contribution >= 4 is 11.7 Å². The zero-order chi connectivity index (χ0) is 22.6. The third-order valence-electron chi connectivity index (χ3n) is 6.93. The van der Waals surface area contributed by atoms with Gasteiger partial charge in [0.2, 0.25) is 0 Å². The second-order valence-corrected chi connectivity index (χ2v) is 9.32. The lowest BCUT2D eigenvalue weighted by Crippen LogP contribution is -2.32. The largest absolute Gasteiger partial charge is 0.456 e. The van der Waals surface area contributed by atoms with E-state index in [1.165, 1.54) is 25.7 Å². The molecule has 0 spiro atoms. The van der Waals surface area contributed by atoms with Gasteiger partial charge in [0.15, 0.2) is 0 Å². The topological polar surface area (TPSA) is 84.9 Å². The van der Waals surface area contributed by atoms with Crippen LogP contribution in [0, 0.1) is 10.8 Å². The molecule has 0 saturated heterocycles. The van der Waals surface area contributed by atoms with Gasteiger partial charge in [0.1, 0.15) is 23.2 Å². The molecule has 2 fully saturated rings. The molecule has 5 nitrogen and oxygen atoms in total. The van der Waals surface area contributed by atoms with Crippen molar-refractivity contribution in [2.24, 2.45) is 0 Å². The number of nitrogens with one attached hydrogen (secondary N) is 4. The van der Waals surface area contributed by atoms with Gasteiger partial charge < -0.3 is 15.1 Å². The van der Waals surface area contributed by atoms with E-state index in [1.54, 1.807) is 0 Å². The van der Waals surface area contributed by atoms with Crippen LogP contribution in [-0.2, 0) is 0 Å². The Morgan fingerprint density at radius 3 is 1.30 bits per heavy atom. The van der Waals surface area contributed by atoms with E-state index in [1.807, 2.05) is 60.7 Å². The summed E-state index contributed by atoms with van der Waals surface area (Å²) in [4.78, 5) is 0. The number of benzene rings is 2. The lowest BCUT2D eigenvalue weighted by atomic mass is 10.1. The second kappa shape index (κ2) is 9.65. The fraction of sp³-hybridized carbons (Fsp3) is 0.357. The van der Waals surface area contributed by atoms with E-state index in [2.05, 4.69) is 10.6 Å². The minimum Gasteiger partial charge on any atom is -0.456 e. The average molecular weight is 441 g/mol. The highest BCUT2D eigenvalue weighted by Gasteiger charge is 2.17. The fourth-order valence-electron chi connectivity index (χ4n) is 4.97. The summed E-state index contributed by atoms with van der Waals surface area (Å²) in [6, 6.07) is 20.9. The molecule has 0 atom stereocenters. The molecule has 0 amide bonds. The lowest BCUT2D eigenvalue weighted by Gasteiger charge is -2.14. The van der Waals surface area contributed by atoms with Crippen LogP contribution in [0.1, 0.15) is 62.5 Å². The number of amidine groups is 2. The SMILES string of the molecule is N=C(NC1CCCC1)c1ccc(-c2ccc(-c3ccc(C(=N)NC4CCCC4)cc3)o2)cc1. The van der Waals surface area contributed by atoms with Crippen molar-refractivity contribution in [3.63, 3.8) is 0 Å². The second-order valence-electron chi connectivity index (χ2n) is 9.32. The van der Waals surface area contributed by atoms with Crippen LogP contribution >= 0.6 is 0 Å². The molecule has 2 saturated carbocycles. The van der Waals surface area contributed by atoms with Gasteiger partial charge in [-0.2, -0.15) is 0 Å². The van der Waals surface area contributed by atoms with E-state index in [9.17, 15) is 0 Å². The average Bonchev–Trinajstić information content (AvgIpc) is 3.62. The predicted molar refractivity (Wildman–Crippen MR) is 134 cm³/mol. The zero-order valence-electron chi connectivity index (χ0n) is 19.0. The van der Waals surface area contributed by atoms with Crippen LogP contribution in [0.4, 0.5) is 0 Å². The zero-order valence-corrected chi connectivity index (χ0v) is 19.0. The first-order valence-electron chi connectivity index (χ1n) is 12.2. The van der Waals surface area contributed by atoms with Gasteiger partial charge >= 0.3 is 0 Å². The molecular weight excluding hydrogens is 408 g/mol. The smallest absolute Gasteiger partial charge is 0.134 e. The number of hydrogen-bond acceptors (Lipinski definition) is 3. The summed E-state index contributed by atoms with van der Waals surface area (Å²) >= 11 is 0. The molecule has 0 aliphatic heterocycles. The maximum Gasteiger partial charge on any atom is 0.134 e. The predicted octanol–water partition coefficient (Wildman–Crippen LogP) is 6.33. The highest BCUT2D eigenvalue weighted by Crippen LogP contribution is 2.29. The molecule has 0 bridgehead atoms. The monoisotopic (exact) mass is 440 g/mol. The molecule has 33 heavy (non-hydrogen) atoms. The Hall–Kier alpha value is -3.34. The van der Waals surface area contributed by atoms with Crippen molar-refractivity contribution in [1.82, 2.24) is 10.6 Å². The van der Waals surface area contributed by atoms with E-state index in [0.29, 0.717) is 23.8 Å². The molecule has 2 aliphatic carbocycles. The van der Waals surface area contributed by atoms with Crippen LogP contribution in [0.5, 0.6) is 0 Å². The quantitative estimate of drug-likeness (QED) is 0.267. The Morgan fingerprint density at radius 2 is 0.939 bits per heavy atom. The lowest BCUT2D eigenvalue weighted by molar-refractivity contribution is 0.597. The Labute approximate surface area is 195 Å². The Kier molecular flexibility index (Phi) is 6.29. The summed E-state index contributed by atoms with van der Waals surface area (Å²) in [5.74, 6) is 2.63. The summed E-state index contributed by atoms with van der Waals surface area (Å²) in [7, 11) is 0. The van der Waals surface area contributed by atoms with Gasteiger partial charge in [-0.3, -0.25) is 10.8 Å². The summed E-state index contributed by atoms with van der Waals surface area (Å²) in [6.45, 7) is 0. The maximum atomic E-state index is 8.34. The van der Waals surface area contributed by atoms with Crippen LogP contribution in [-0.4, -0.2) is 23.8 Å². The van der Waals surface area contributed by atoms with Crippen molar-refractivity contribution in [3.05, 3.63) is 71.8 Å². The van der Waals surface area contributed by atoms with Crippen LogP contribution < -0.4 is 10.6 Å². The van der Waals surface area contributed by atoms with Crippen molar-refractivity contribution in [1.29, 1.82) is 10.8 Å². The Bertz CT molecular complexity index is 1010. The summed E-state index contributed by atoms with van der Waals surface area (Å²) in [5.41, 5.74) is 3.80. The Balaban J connectivity index is 1.23. The first kappa shape index (κ1) is 21.5. The fourth-order valence-corrected chi connectivity index (χ4v) is 4.97. The van der Waals surface area contributed by atoms with Crippen LogP contribution in [0.25, 0.3) is 22.6 Å². The normalized spacial score (nSPS) is 16.7. The van der Waals surface area contributed by atoms with E-state index in [-0.39, 0.29) is 0 Å². The molecule has 2 aromatic carbocycles. The van der Waals surface area contributed by atoms with Crippen molar-refractivity contribution in [3.8, 4) is 22.6 Å². The molecule has 0 unspecified atom stereocenters. The van der Waals surface area contributed by atoms with E-state index in [0.717, 1.165) is 59.5 Å². The van der Waals surface area contributed by atoms with Gasteiger partial charge in [-0.1, -0.05) is 74.2 Å². The molecule has 4 N–H and O–H groups in total. The molecule has 5 heteroatoms. The van der Waals surface area contributed by atoms with Crippen molar-refractivity contribution in [2.45, 2.75) is 63.5 Å². The molecule has 5 rings (SSSR count). The van der Waals surface area contributed by atoms with Crippen LogP contribution in [0.15, 0.2) is 65.1 Å². The summed E-state index contributed by atoms with van der Waals surface area (Å²) in [6.07, 6.45) is 9.68. The third-order valence-corrected chi connectivity index (χ3v) is 6.93. The van der Waals surface area contributed by atoms with Gasteiger partial charge in [-0.25, -0.2) is 0 Å². The standard InChI is InChI=1S/C28H32N4O/c29-27(31-23-5-1-2-6-23)21-13-9-19(10-14-21)25-17-18-26(33-25)20-11-15-22(16-12-20)28(30)32-24-7-3-4-8-24/h9-18,23-24H,1-8H2,(H2,29,31)(H2,30,32). The van der Waals surface area contributed by atoms with Gasteiger partial charge in [-0.05, 0) is 37.8 Å². The van der Waals surface area contributed by atoms with Crippen molar-refractivity contribution < 1.29 is 4.42 Å². The van der Waals surface area contributed by atoms with E-state index in [4.69, 9.17) is 15.2 Å². The molecular formula is C28H32N4O. The first-order chi connectivity index (χ1) is 16.2. The van der Waals surface area contributed by atoms with Gasteiger partial charge in [0.05, 0.1) is 0 Å². The maximum absolute atomic E-state index is 8.34. The first-order valence-corrected chi connectivity index (χ1v) is 12.2. The van der Waals surface area contributed by atoms with Crippen LogP contribution in [0.3, 0.4) is 0 Å². The molecule has 1 heterocycles. The van der Waals surface area contributed by atoms with Crippen LogP contribution in [0.2, 0.25) is 0 Å². The molecule has 0 radical (unpaired) electrons. The van der Waals surface area contributed by atoms with Gasteiger partial charge in [-0.15, -0.1) is 0 Å². The van der Waals surface area contributed by atoms with Gasteiger partial charge in [0, 0.05) is 34.3 Å². The molecule has 1 aromatic heterocycles. The number of furan rings is 1. The highest BCUT2D eigenvalue weighted by molar-refractivity contribution is 5.97. The van der Waals surface area contributed by atoms with E-state index >= 15 is 0 Å². The molecule has 3 aromatic rings. The molecule has 2 aliphatic rings. The van der Waals surface area contributed by atoms with E-state index < -0.39 is 0 Å². The summed E-state index contributed by atoms with van der Waals surface area (Å²) < 4.78 is 6.13. The number of hydrogen-bond donors (Lipinski definition) is 4. The van der Waals surface area contributed by atoms with Crippen molar-refractivity contribution in [2.75, 3.05) is 0 Å².